The Morgan fingerprint density at radius 3 is 2.61 bits per heavy atom. The summed E-state index contributed by atoms with van der Waals surface area (Å²) < 4.78 is 23.3. The van der Waals surface area contributed by atoms with Crippen molar-refractivity contribution in [3.8, 4) is 0 Å². The zero-order valence-corrected chi connectivity index (χ0v) is 19.2. The summed E-state index contributed by atoms with van der Waals surface area (Å²) in [6.07, 6.45) is 4.17. The normalized spacial score (nSPS) is 52.7. The highest BCUT2D eigenvalue weighted by Crippen LogP contribution is 2.71. The smallest absolute Gasteiger partial charge is 0.335 e. The minimum absolute atomic E-state index is 0.0716. The van der Waals surface area contributed by atoms with Gasteiger partial charge >= 0.3 is 5.63 Å². The highest BCUT2D eigenvalue weighted by Gasteiger charge is 2.78. The molecule has 3 heterocycles. The van der Waals surface area contributed by atoms with Gasteiger partial charge in [0.15, 0.2) is 0 Å². The van der Waals surface area contributed by atoms with E-state index in [1.165, 1.54) is 12.3 Å². The number of hydrogen-bond donors (Lipinski definition) is 1. The maximum Gasteiger partial charge on any atom is 0.335 e. The molecule has 5 aliphatic rings. The van der Waals surface area contributed by atoms with E-state index in [0.717, 1.165) is 11.8 Å². The standard InChI is InChI=1S/C25H30O8/c1-14-24(12-26)18-10-19(27)21(2)16(15-4-5-20(28)30-11-15)7-9-25(21,29)17(18)6-8-23(24)13-31-22(3,32-14)33-23/h4-5,11-12,14,16-18,29H,6-10,13H2,1-3H3. The minimum atomic E-state index is -1.29. The first-order valence-corrected chi connectivity index (χ1v) is 11.9. The van der Waals surface area contributed by atoms with Gasteiger partial charge in [0.05, 0.1) is 35.4 Å². The van der Waals surface area contributed by atoms with Crippen LogP contribution in [0.3, 0.4) is 0 Å². The molecular formula is C25H30O8. The Kier molecular flexibility index (Phi) is 4.21. The van der Waals surface area contributed by atoms with Crippen molar-refractivity contribution in [1.82, 2.24) is 0 Å². The first kappa shape index (κ1) is 21.6. The van der Waals surface area contributed by atoms with Crippen LogP contribution < -0.4 is 5.63 Å². The number of Topliss-reactive ketones (excluding diaryl/α,β-unsaturated/α-hetero) is 1. The van der Waals surface area contributed by atoms with E-state index in [4.69, 9.17) is 18.6 Å². The van der Waals surface area contributed by atoms with Crippen molar-refractivity contribution in [2.75, 3.05) is 6.61 Å². The molecule has 9 atom stereocenters. The van der Waals surface area contributed by atoms with Gasteiger partial charge in [0.25, 0.3) is 5.97 Å². The molecule has 1 aromatic heterocycles. The molecule has 8 nitrogen and oxygen atoms in total. The lowest BCUT2D eigenvalue weighted by Crippen LogP contribution is -2.74. The average molecular weight is 459 g/mol. The first-order chi connectivity index (χ1) is 15.6. The zero-order chi connectivity index (χ0) is 23.4. The van der Waals surface area contributed by atoms with Crippen LogP contribution in [0.5, 0.6) is 0 Å². The molecule has 178 valence electrons. The van der Waals surface area contributed by atoms with Crippen LogP contribution in [0.15, 0.2) is 27.6 Å². The number of carbonyl (C=O) groups excluding carboxylic acids is 2. The van der Waals surface area contributed by atoms with Gasteiger partial charge in [0.2, 0.25) is 0 Å². The summed E-state index contributed by atoms with van der Waals surface area (Å²) in [6, 6.07) is 3.05. The van der Waals surface area contributed by atoms with Gasteiger partial charge in [-0.1, -0.05) is 0 Å². The number of aliphatic hydroxyl groups is 1. The number of hydrogen-bond acceptors (Lipinski definition) is 8. The Bertz CT molecular complexity index is 1080. The van der Waals surface area contributed by atoms with Crippen LogP contribution in [0.25, 0.3) is 0 Å². The van der Waals surface area contributed by atoms with Gasteiger partial charge in [-0.2, -0.15) is 0 Å². The average Bonchev–Trinajstić information content (AvgIpc) is 3.22. The third-order valence-electron chi connectivity index (χ3n) is 10.1. The highest BCUT2D eigenvalue weighted by atomic mass is 16.9. The van der Waals surface area contributed by atoms with Gasteiger partial charge in [-0.15, -0.1) is 0 Å². The fraction of sp³-hybridized carbons (Fsp3) is 0.720. The van der Waals surface area contributed by atoms with Gasteiger partial charge < -0.3 is 28.5 Å². The summed E-state index contributed by atoms with van der Waals surface area (Å²) in [5.41, 5.74) is -3.98. The number of carbonyl (C=O) groups is 2. The van der Waals surface area contributed by atoms with Crippen molar-refractivity contribution >= 4 is 12.1 Å². The Balaban J connectivity index is 1.45. The molecule has 2 aliphatic heterocycles. The van der Waals surface area contributed by atoms with Crippen molar-refractivity contribution in [2.45, 2.75) is 82.1 Å². The molecular weight excluding hydrogens is 428 g/mol. The molecule has 2 bridgehead atoms. The molecule has 2 saturated heterocycles. The van der Waals surface area contributed by atoms with E-state index in [1.54, 1.807) is 13.0 Å². The number of rotatable bonds is 2. The topological polar surface area (TPSA) is 112 Å². The molecule has 9 unspecified atom stereocenters. The van der Waals surface area contributed by atoms with Crippen LogP contribution in [0, 0.1) is 22.7 Å². The monoisotopic (exact) mass is 458 g/mol. The largest absolute Gasteiger partial charge is 0.431 e. The highest BCUT2D eigenvalue weighted by molar-refractivity contribution is 5.90. The van der Waals surface area contributed by atoms with E-state index in [2.05, 4.69) is 0 Å². The van der Waals surface area contributed by atoms with Crippen LogP contribution in [-0.4, -0.2) is 47.1 Å². The summed E-state index contributed by atoms with van der Waals surface area (Å²) in [5, 5.41) is 12.3. The lowest BCUT2D eigenvalue weighted by Gasteiger charge is -2.65. The Hall–Kier alpha value is -1.87. The van der Waals surface area contributed by atoms with Crippen molar-refractivity contribution in [3.05, 3.63) is 34.4 Å². The summed E-state index contributed by atoms with van der Waals surface area (Å²) >= 11 is 0. The molecule has 6 rings (SSSR count). The zero-order valence-electron chi connectivity index (χ0n) is 19.2. The summed E-state index contributed by atoms with van der Waals surface area (Å²) in [7, 11) is 0. The minimum Gasteiger partial charge on any atom is -0.431 e. The molecule has 1 N–H and O–H groups in total. The second-order valence-electron chi connectivity index (χ2n) is 11.0. The van der Waals surface area contributed by atoms with E-state index in [0.29, 0.717) is 25.7 Å². The second kappa shape index (κ2) is 6.42. The van der Waals surface area contributed by atoms with Crippen LogP contribution in [0.4, 0.5) is 0 Å². The number of fused-ring (bicyclic) bond motifs is 5. The number of ether oxygens (including phenoxy) is 3. The SMILES string of the molecule is CC1OC2(C)OCC3(CCC4C(CC(=O)C5(C)C(c6ccc(=O)oc6)CCC45O)C13C=O)O2. The molecule has 0 radical (unpaired) electrons. The van der Waals surface area contributed by atoms with E-state index in [-0.39, 0.29) is 30.6 Å². The van der Waals surface area contributed by atoms with E-state index in [1.807, 2.05) is 13.8 Å². The maximum atomic E-state index is 13.9. The quantitative estimate of drug-likeness (QED) is 0.672. The van der Waals surface area contributed by atoms with Gasteiger partial charge in [-0.3, -0.25) is 4.79 Å². The molecule has 8 heteroatoms. The fourth-order valence-electron chi connectivity index (χ4n) is 8.50. The predicted octanol–water partition coefficient (Wildman–Crippen LogP) is 2.32. The number of ketones is 1. The van der Waals surface area contributed by atoms with Gasteiger partial charge in [-0.05, 0) is 63.0 Å². The maximum absolute atomic E-state index is 13.9. The molecule has 33 heavy (non-hydrogen) atoms. The predicted molar refractivity (Wildman–Crippen MR) is 113 cm³/mol. The van der Waals surface area contributed by atoms with Crippen molar-refractivity contribution in [2.24, 2.45) is 22.7 Å². The molecule has 3 saturated carbocycles. The first-order valence-electron chi connectivity index (χ1n) is 11.9. The van der Waals surface area contributed by atoms with Crippen molar-refractivity contribution in [3.63, 3.8) is 0 Å². The van der Waals surface area contributed by atoms with E-state index in [9.17, 15) is 19.5 Å². The Labute approximate surface area is 191 Å². The molecule has 1 spiro atoms. The lowest BCUT2D eigenvalue weighted by molar-refractivity contribution is -0.414. The Morgan fingerprint density at radius 2 is 1.91 bits per heavy atom. The molecule has 0 aromatic carbocycles. The van der Waals surface area contributed by atoms with Crippen molar-refractivity contribution in [1.29, 1.82) is 0 Å². The van der Waals surface area contributed by atoms with Crippen LogP contribution in [-0.2, 0) is 23.8 Å². The molecule has 0 amide bonds. The molecule has 3 aliphatic carbocycles. The van der Waals surface area contributed by atoms with Crippen LogP contribution >= 0.6 is 0 Å². The summed E-state index contributed by atoms with van der Waals surface area (Å²) in [4.78, 5) is 38.3. The van der Waals surface area contributed by atoms with Crippen molar-refractivity contribution < 1.29 is 33.3 Å². The van der Waals surface area contributed by atoms with Crippen LogP contribution in [0.2, 0.25) is 0 Å². The Morgan fingerprint density at radius 1 is 1.12 bits per heavy atom. The molecule has 5 fully saturated rings. The molecule has 1 aromatic rings. The lowest BCUT2D eigenvalue weighted by atomic mass is 9.42. The van der Waals surface area contributed by atoms with Gasteiger partial charge in [-0.25, -0.2) is 4.79 Å². The van der Waals surface area contributed by atoms with Gasteiger partial charge in [0, 0.05) is 25.3 Å². The fourth-order valence-corrected chi connectivity index (χ4v) is 8.50. The third-order valence-corrected chi connectivity index (χ3v) is 10.1. The summed E-state index contributed by atoms with van der Waals surface area (Å²) in [5.74, 6) is -2.21. The summed E-state index contributed by atoms with van der Waals surface area (Å²) in [6.45, 7) is 5.65. The van der Waals surface area contributed by atoms with Gasteiger partial charge in [0.1, 0.15) is 17.7 Å². The van der Waals surface area contributed by atoms with Crippen LogP contribution in [0.1, 0.15) is 64.4 Å². The van der Waals surface area contributed by atoms with E-state index < -0.39 is 45.7 Å². The van der Waals surface area contributed by atoms with E-state index >= 15 is 0 Å². The third kappa shape index (κ3) is 2.33. The second-order valence-corrected chi connectivity index (χ2v) is 11.0. The number of aldehydes is 1.